The number of carbonyl (C=O) groups excluding carboxylic acids is 1. The molecule has 1 atom stereocenters. The molecule has 1 N–H and O–H groups in total. The molecule has 7 nitrogen and oxygen atoms in total. The summed E-state index contributed by atoms with van der Waals surface area (Å²) in [6, 6.07) is 4.28. The predicted molar refractivity (Wildman–Crippen MR) is 100 cm³/mol. The van der Waals surface area contributed by atoms with Crippen molar-refractivity contribution in [1.82, 2.24) is 24.1 Å². The molecule has 136 valence electrons. The number of likely N-dealkylation sites (tertiary alicyclic amines) is 1. The first-order valence-corrected chi connectivity index (χ1v) is 9.40. The lowest BCUT2D eigenvalue weighted by Gasteiger charge is -2.35. The molecule has 25 heavy (non-hydrogen) atoms. The van der Waals surface area contributed by atoms with Gasteiger partial charge < -0.3 is 14.8 Å². The molecule has 3 heterocycles. The van der Waals surface area contributed by atoms with Crippen LogP contribution in [0, 0.1) is 0 Å². The zero-order valence-corrected chi connectivity index (χ0v) is 16.1. The third-order valence-electron chi connectivity index (χ3n) is 4.76. The second-order valence-electron chi connectivity index (χ2n) is 6.65. The summed E-state index contributed by atoms with van der Waals surface area (Å²) in [5.74, 6) is 0.828. The minimum absolute atomic E-state index is 0.0482. The molecule has 1 aliphatic heterocycles. The number of hydrogen-bond donors (Lipinski definition) is 1. The van der Waals surface area contributed by atoms with Gasteiger partial charge in [0, 0.05) is 45.4 Å². The van der Waals surface area contributed by atoms with Crippen molar-refractivity contribution in [2.45, 2.75) is 31.8 Å². The van der Waals surface area contributed by atoms with E-state index in [1.54, 1.807) is 7.05 Å². The summed E-state index contributed by atoms with van der Waals surface area (Å²) >= 11 is 1.44. The maximum Gasteiger partial charge on any atom is 0.267 e. The van der Waals surface area contributed by atoms with Crippen LogP contribution in [-0.4, -0.2) is 52.4 Å². The van der Waals surface area contributed by atoms with Gasteiger partial charge in [-0.1, -0.05) is 6.42 Å². The Morgan fingerprint density at radius 1 is 1.40 bits per heavy atom. The van der Waals surface area contributed by atoms with Gasteiger partial charge in [-0.3, -0.25) is 9.69 Å². The lowest BCUT2D eigenvalue weighted by atomic mass is 9.99. The highest BCUT2D eigenvalue weighted by Gasteiger charge is 2.28. The number of aromatic nitrogens is 3. The number of amides is 1. The molecule has 1 fully saturated rings. The Kier molecular flexibility index (Phi) is 5.39. The number of rotatable bonds is 5. The standard InChI is InChI=1S/C17H26N6OS/c1-18-16(24)14-9-8-12(22(14)4)13-7-5-6-10-23(13)11-15-19-17(21(2)3)25-20-15/h8-9,13H,5-7,10-11H2,1-4H3,(H,18,24). The molecule has 0 aliphatic carbocycles. The van der Waals surface area contributed by atoms with Crippen molar-refractivity contribution in [3.8, 4) is 0 Å². The Bertz CT molecular complexity index is 737. The van der Waals surface area contributed by atoms with Crippen LogP contribution < -0.4 is 10.2 Å². The van der Waals surface area contributed by atoms with Gasteiger partial charge in [0.05, 0.1) is 12.6 Å². The maximum atomic E-state index is 12.0. The van der Waals surface area contributed by atoms with Crippen LogP contribution in [0.1, 0.15) is 47.3 Å². The second kappa shape index (κ2) is 7.53. The summed E-state index contributed by atoms with van der Waals surface area (Å²) in [6.07, 6.45) is 3.48. The highest BCUT2D eigenvalue weighted by molar-refractivity contribution is 7.09. The largest absolute Gasteiger partial charge is 0.354 e. The third kappa shape index (κ3) is 3.69. The Hall–Kier alpha value is -1.93. The van der Waals surface area contributed by atoms with Gasteiger partial charge in [-0.15, -0.1) is 0 Å². The van der Waals surface area contributed by atoms with E-state index in [0.717, 1.165) is 30.5 Å². The van der Waals surface area contributed by atoms with Crippen molar-refractivity contribution in [2.24, 2.45) is 7.05 Å². The van der Waals surface area contributed by atoms with Crippen molar-refractivity contribution in [3.63, 3.8) is 0 Å². The van der Waals surface area contributed by atoms with Crippen molar-refractivity contribution < 1.29 is 4.79 Å². The summed E-state index contributed by atoms with van der Waals surface area (Å²) in [5.41, 5.74) is 1.88. The molecular weight excluding hydrogens is 336 g/mol. The van der Waals surface area contributed by atoms with Gasteiger partial charge in [-0.05, 0) is 31.5 Å². The van der Waals surface area contributed by atoms with Gasteiger partial charge in [0.1, 0.15) is 5.69 Å². The average molecular weight is 363 g/mol. The first-order valence-electron chi connectivity index (χ1n) is 8.63. The van der Waals surface area contributed by atoms with Gasteiger partial charge in [0.15, 0.2) is 5.82 Å². The number of carbonyl (C=O) groups is 1. The minimum atomic E-state index is -0.0482. The molecule has 0 aromatic carbocycles. The molecule has 0 radical (unpaired) electrons. The molecular formula is C17H26N6OS. The maximum absolute atomic E-state index is 12.0. The monoisotopic (exact) mass is 362 g/mol. The van der Waals surface area contributed by atoms with Crippen LogP contribution in [0.5, 0.6) is 0 Å². The van der Waals surface area contributed by atoms with Gasteiger partial charge in [-0.25, -0.2) is 4.98 Å². The van der Waals surface area contributed by atoms with Crippen LogP contribution >= 0.6 is 11.5 Å². The number of anilines is 1. The van der Waals surface area contributed by atoms with E-state index in [4.69, 9.17) is 0 Å². The van der Waals surface area contributed by atoms with E-state index in [1.165, 1.54) is 30.1 Å². The first kappa shape index (κ1) is 17.9. The molecule has 0 saturated carbocycles. The van der Waals surface area contributed by atoms with Crippen LogP contribution in [0.25, 0.3) is 0 Å². The quantitative estimate of drug-likeness (QED) is 0.882. The van der Waals surface area contributed by atoms with Crippen molar-refractivity contribution in [3.05, 3.63) is 29.3 Å². The van der Waals surface area contributed by atoms with Gasteiger partial charge in [0.2, 0.25) is 5.13 Å². The molecule has 2 aromatic rings. The van der Waals surface area contributed by atoms with Crippen molar-refractivity contribution >= 4 is 22.6 Å². The highest BCUT2D eigenvalue weighted by atomic mass is 32.1. The summed E-state index contributed by atoms with van der Waals surface area (Å²) in [5, 5.41) is 3.64. The van der Waals surface area contributed by atoms with Gasteiger partial charge in [-0.2, -0.15) is 4.37 Å². The van der Waals surface area contributed by atoms with E-state index in [0.29, 0.717) is 11.7 Å². The molecule has 1 amide bonds. The molecule has 8 heteroatoms. The summed E-state index contributed by atoms with van der Waals surface area (Å²) in [7, 11) is 7.60. The van der Waals surface area contributed by atoms with Crippen LogP contribution in [0.2, 0.25) is 0 Å². The van der Waals surface area contributed by atoms with E-state index in [9.17, 15) is 4.79 Å². The van der Waals surface area contributed by atoms with Crippen molar-refractivity contribution in [2.75, 3.05) is 32.6 Å². The molecule has 2 aromatic heterocycles. The molecule has 0 bridgehead atoms. The zero-order chi connectivity index (χ0) is 18.0. The number of piperidine rings is 1. The highest BCUT2D eigenvalue weighted by Crippen LogP contribution is 2.33. The Morgan fingerprint density at radius 3 is 2.88 bits per heavy atom. The van der Waals surface area contributed by atoms with Crippen LogP contribution in [0.3, 0.4) is 0 Å². The van der Waals surface area contributed by atoms with E-state index >= 15 is 0 Å². The fourth-order valence-electron chi connectivity index (χ4n) is 3.41. The number of nitrogens with zero attached hydrogens (tertiary/aromatic N) is 5. The lowest BCUT2D eigenvalue weighted by Crippen LogP contribution is -2.34. The SMILES string of the molecule is CNC(=O)c1ccc(C2CCCCN2Cc2nsc(N(C)C)n2)n1C. The smallest absolute Gasteiger partial charge is 0.267 e. The topological polar surface area (TPSA) is 66.3 Å². The lowest BCUT2D eigenvalue weighted by molar-refractivity contribution is 0.0952. The van der Waals surface area contributed by atoms with E-state index in [2.05, 4.69) is 25.6 Å². The molecule has 0 spiro atoms. The zero-order valence-electron chi connectivity index (χ0n) is 15.3. The Labute approximate surface area is 152 Å². The Balaban J connectivity index is 1.81. The van der Waals surface area contributed by atoms with Crippen LogP contribution in [0.4, 0.5) is 5.13 Å². The normalized spacial score (nSPS) is 18.3. The number of hydrogen-bond acceptors (Lipinski definition) is 6. The van der Waals surface area contributed by atoms with E-state index in [-0.39, 0.29) is 5.91 Å². The molecule has 3 rings (SSSR count). The van der Waals surface area contributed by atoms with Crippen LogP contribution in [0.15, 0.2) is 12.1 Å². The number of nitrogens with one attached hydrogen (secondary N) is 1. The fourth-order valence-corrected chi connectivity index (χ4v) is 4.00. The Morgan fingerprint density at radius 2 is 2.20 bits per heavy atom. The predicted octanol–water partition coefficient (Wildman–Crippen LogP) is 2.03. The van der Waals surface area contributed by atoms with Crippen LogP contribution in [-0.2, 0) is 13.6 Å². The molecule has 1 unspecified atom stereocenters. The summed E-state index contributed by atoms with van der Waals surface area (Å²) < 4.78 is 6.52. The third-order valence-corrected chi connectivity index (χ3v) is 5.68. The first-order chi connectivity index (χ1) is 12.0. The second-order valence-corrected chi connectivity index (χ2v) is 7.38. The molecule has 1 aliphatic rings. The summed E-state index contributed by atoms with van der Waals surface area (Å²) in [4.78, 5) is 21.0. The van der Waals surface area contributed by atoms with Gasteiger partial charge in [0.25, 0.3) is 5.91 Å². The average Bonchev–Trinajstić information content (AvgIpc) is 3.22. The molecule has 1 saturated heterocycles. The minimum Gasteiger partial charge on any atom is -0.354 e. The summed E-state index contributed by atoms with van der Waals surface area (Å²) in [6.45, 7) is 1.77. The van der Waals surface area contributed by atoms with E-state index in [1.807, 2.05) is 36.7 Å². The fraction of sp³-hybridized carbons (Fsp3) is 0.588. The van der Waals surface area contributed by atoms with E-state index < -0.39 is 0 Å². The van der Waals surface area contributed by atoms with Gasteiger partial charge >= 0.3 is 0 Å². The van der Waals surface area contributed by atoms with Crippen molar-refractivity contribution in [1.29, 1.82) is 0 Å².